The molecule has 134 valence electrons. The van der Waals surface area contributed by atoms with Crippen LogP contribution in [0.4, 0.5) is 4.79 Å². The van der Waals surface area contributed by atoms with Gasteiger partial charge in [0.25, 0.3) is 5.56 Å². The highest BCUT2D eigenvalue weighted by atomic mass is 16.2. The highest BCUT2D eigenvalue weighted by Crippen LogP contribution is 2.13. The minimum absolute atomic E-state index is 0.0410. The van der Waals surface area contributed by atoms with E-state index in [1.165, 1.54) is 4.68 Å². The van der Waals surface area contributed by atoms with Crippen molar-refractivity contribution in [3.8, 4) is 0 Å². The van der Waals surface area contributed by atoms with Crippen LogP contribution < -0.4 is 16.2 Å². The fourth-order valence-corrected chi connectivity index (χ4v) is 2.68. The minimum atomic E-state index is -0.268. The van der Waals surface area contributed by atoms with E-state index in [-0.39, 0.29) is 24.2 Å². The normalized spacial score (nSPS) is 10.9. The fourth-order valence-electron chi connectivity index (χ4n) is 2.68. The number of rotatable bonds is 5. The van der Waals surface area contributed by atoms with E-state index < -0.39 is 0 Å². The van der Waals surface area contributed by atoms with E-state index in [9.17, 15) is 9.59 Å². The van der Waals surface area contributed by atoms with Gasteiger partial charge in [-0.15, -0.1) is 0 Å². The summed E-state index contributed by atoms with van der Waals surface area (Å²) in [7, 11) is 0. The Balaban J connectivity index is 1.95. The highest BCUT2D eigenvalue weighted by molar-refractivity contribution is 5.84. The topological polar surface area (TPSA) is 88.9 Å². The van der Waals surface area contributed by atoms with E-state index in [4.69, 9.17) is 0 Å². The van der Waals surface area contributed by atoms with Crippen LogP contribution in [0.5, 0.6) is 0 Å². The van der Waals surface area contributed by atoms with Gasteiger partial charge in [0.05, 0.1) is 24.2 Å². The number of pyridine rings is 1. The molecule has 26 heavy (non-hydrogen) atoms. The second kappa shape index (κ2) is 7.77. The molecule has 0 aliphatic heterocycles. The average molecular weight is 351 g/mol. The van der Waals surface area contributed by atoms with Crippen LogP contribution in [0.3, 0.4) is 0 Å². The van der Waals surface area contributed by atoms with Crippen molar-refractivity contribution in [2.75, 3.05) is 0 Å². The number of nitrogens with one attached hydrogen (secondary N) is 2. The Bertz CT molecular complexity index is 967. The second-order valence-corrected chi connectivity index (χ2v) is 6.30. The molecule has 0 saturated carbocycles. The fraction of sp³-hybridized carbons (Fsp3) is 0.263. The zero-order valence-corrected chi connectivity index (χ0v) is 14.8. The maximum atomic E-state index is 12.7. The van der Waals surface area contributed by atoms with Crippen molar-refractivity contribution in [2.45, 2.75) is 33.0 Å². The quantitative estimate of drug-likeness (QED) is 0.736. The number of carbonyl (C=O) groups excluding carboxylic acids is 1. The van der Waals surface area contributed by atoms with Crippen molar-refractivity contribution in [3.63, 3.8) is 0 Å². The lowest BCUT2D eigenvalue weighted by Crippen LogP contribution is -2.39. The van der Waals surface area contributed by atoms with E-state index in [2.05, 4.69) is 20.7 Å². The van der Waals surface area contributed by atoms with E-state index in [1.54, 1.807) is 18.5 Å². The molecule has 0 radical (unpaired) electrons. The number of benzene rings is 1. The minimum Gasteiger partial charge on any atom is -0.336 e. The maximum absolute atomic E-state index is 12.7. The van der Waals surface area contributed by atoms with Gasteiger partial charge in [-0.25, -0.2) is 9.48 Å². The standard InChI is InChI=1S/C19H21N5O2/c1-13(2)22-19(26)21-11-17-15-7-3-4-8-16(15)18(25)24(23-17)12-14-6-5-9-20-10-14/h3-10,13H,11-12H2,1-2H3,(H2,21,22,26). The van der Waals surface area contributed by atoms with Crippen LogP contribution in [0.15, 0.2) is 53.6 Å². The lowest BCUT2D eigenvalue weighted by molar-refractivity contribution is 0.238. The Labute approximate surface area is 151 Å². The molecule has 0 spiro atoms. The first kappa shape index (κ1) is 17.6. The van der Waals surface area contributed by atoms with Gasteiger partial charge in [0.1, 0.15) is 0 Å². The predicted octanol–water partition coefficient (Wildman–Crippen LogP) is 2.05. The third kappa shape index (κ3) is 4.05. The monoisotopic (exact) mass is 351 g/mol. The summed E-state index contributed by atoms with van der Waals surface area (Å²) in [5.41, 5.74) is 1.36. The van der Waals surface area contributed by atoms with E-state index in [0.29, 0.717) is 17.6 Å². The molecule has 0 saturated heterocycles. The first-order chi connectivity index (χ1) is 12.5. The summed E-state index contributed by atoms with van der Waals surface area (Å²) in [6.07, 6.45) is 3.39. The van der Waals surface area contributed by atoms with Gasteiger partial charge in [0, 0.05) is 23.8 Å². The molecule has 2 aromatic heterocycles. The largest absolute Gasteiger partial charge is 0.336 e. The number of hydrogen-bond donors (Lipinski definition) is 2. The van der Waals surface area contributed by atoms with Crippen molar-refractivity contribution in [3.05, 3.63) is 70.4 Å². The molecule has 0 fully saturated rings. The average Bonchev–Trinajstić information content (AvgIpc) is 2.63. The number of nitrogens with zero attached hydrogens (tertiary/aromatic N) is 3. The molecule has 2 N–H and O–H groups in total. The zero-order valence-electron chi connectivity index (χ0n) is 14.8. The van der Waals surface area contributed by atoms with Crippen LogP contribution in [0, 0.1) is 0 Å². The molecule has 2 heterocycles. The molecule has 0 atom stereocenters. The predicted molar refractivity (Wildman–Crippen MR) is 99.8 cm³/mol. The smallest absolute Gasteiger partial charge is 0.315 e. The van der Waals surface area contributed by atoms with Crippen molar-refractivity contribution >= 4 is 16.8 Å². The summed E-state index contributed by atoms with van der Waals surface area (Å²) >= 11 is 0. The highest BCUT2D eigenvalue weighted by Gasteiger charge is 2.12. The Morgan fingerprint density at radius 1 is 1.15 bits per heavy atom. The van der Waals surface area contributed by atoms with E-state index in [0.717, 1.165) is 10.9 Å². The Kier molecular flexibility index (Phi) is 5.26. The molecule has 0 bridgehead atoms. The van der Waals surface area contributed by atoms with Gasteiger partial charge in [-0.05, 0) is 31.5 Å². The Morgan fingerprint density at radius 3 is 2.62 bits per heavy atom. The summed E-state index contributed by atoms with van der Waals surface area (Å²) < 4.78 is 1.41. The van der Waals surface area contributed by atoms with Gasteiger partial charge in [0.15, 0.2) is 0 Å². The van der Waals surface area contributed by atoms with Crippen LogP contribution >= 0.6 is 0 Å². The van der Waals surface area contributed by atoms with Gasteiger partial charge in [0.2, 0.25) is 0 Å². The summed E-state index contributed by atoms with van der Waals surface area (Å²) in [6, 6.07) is 10.8. The van der Waals surface area contributed by atoms with Gasteiger partial charge >= 0.3 is 6.03 Å². The van der Waals surface area contributed by atoms with Crippen molar-refractivity contribution in [1.82, 2.24) is 25.4 Å². The zero-order chi connectivity index (χ0) is 18.5. The van der Waals surface area contributed by atoms with E-state index >= 15 is 0 Å². The number of urea groups is 1. The van der Waals surface area contributed by atoms with Gasteiger partial charge in [-0.2, -0.15) is 5.10 Å². The molecule has 0 unspecified atom stereocenters. The van der Waals surface area contributed by atoms with Crippen molar-refractivity contribution < 1.29 is 4.79 Å². The molecule has 7 heteroatoms. The van der Waals surface area contributed by atoms with Crippen molar-refractivity contribution in [1.29, 1.82) is 0 Å². The molecule has 0 aliphatic rings. The molecular weight excluding hydrogens is 330 g/mol. The first-order valence-electron chi connectivity index (χ1n) is 8.46. The molecule has 3 rings (SSSR count). The van der Waals surface area contributed by atoms with Gasteiger partial charge in [-0.3, -0.25) is 9.78 Å². The number of aromatic nitrogens is 3. The maximum Gasteiger partial charge on any atom is 0.315 e. The SMILES string of the molecule is CC(C)NC(=O)NCc1nn(Cc2cccnc2)c(=O)c2ccccc12. The third-order valence-corrected chi connectivity index (χ3v) is 3.84. The lowest BCUT2D eigenvalue weighted by atomic mass is 10.1. The molecule has 3 aromatic rings. The first-order valence-corrected chi connectivity index (χ1v) is 8.46. The molecule has 1 aromatic carbocycles. The molecule has 2 amide bonds. The van der Waals surface area contributed by atoms with Crippen LogP contribution in [-0.2, 0) is 13.1 Å². The van der Waals surface area contributed by atoms with Crippen LogP contribution in [0.1, 0.15) is 25.1 Å². The summed E-state index contributed by atoms with van der Waals surface area (Å²) in [6.45, 7) is 4.33. The van der Waals surface area contributed by atoms with Gasteiger partial charge < -0.3 is 10.6 Å². The van der Waals surface area contributed by atoms with Crippen LogP contribution in [0.2, 0.25) is 0 Å². The van der Waals surface area contributed by atoms with E-state index in [1.807, 2.05) is 44.2 Å². The third-order valence-electron chi connectivity index (χ3n) is 3.84. The molecular formula is C19H21N5O2. The molecule has 0 aliphatic carbocycles. The molecule has 7 nitrogen and oxygen atoms in total. The summed E-state index contributed by atoms with van der Waals surface area (Å²) in [5, 5.41) is 11.4. The number of amides is 2. The lowest BCUT2D eigenvalue weighted by Gasteiger charge is -2.13. The number of hydrogen-bond acceptors (Lipinski definition) is 4. The second-order valence-electron chi connectivity index (χ2n) is 6.30. The Morgan fingerprint density at radius 2 is 1.92 bits per heavy atom. The van der Waals surface area contributed by atoms with Crippen LogP contribution in [-0.4, -0.2) is 26.8 Å². The van der Waals surface area contributed by atoms with Gasteiger partial charge in [-0.1, -0.05) is 24.3 Å². The summed E-state index contributed by atoms with van der Waals surface area (Å²) in [4.78, 5) is 28.7. The number of fused-ring (bicyclic) bond motifs is 1. The Hall–Kier alpha value is -3.22. The van der Waals surface area contributed by atoms with Crippen LogP contribution in [0.25, 0.3) is 10.8 Å². The van der Waals surface area contributed by atoms with Crippen molar-refractivity contribution in [2.24, 2.45) is 0 Å². The number of carbonyl (C=O) groups is 1. The summed E-state index contributed by atoms with van der Waals surface area (Å²) in [5.74, 6) is 0.